The molecule has 1 amide bonds. The molecule has 0 bridgehead atoms. The van der Waals surface area contributed by atoms with Crippen molar-refractivity contribution >= 4 is 29.5 Å². The summed E-state index contributed by atoms with van der Waals surface area (Å²) in [6, 6.07) is 13.2. The van der Waals surface area contributed by atoms with Gasteiger partial charge in [0.2, 0.25) is 5.91 Å². The van der Waals surface area contributed by atoms with E-state index in [1.54, 1.807) is 0 Å². The molecule has 0 saturated heterocycles. The van der Waals surface area contributed by atoms with Crippen LogP contribution in [0.5, 0.6) is 0 Å². The lowest BCUT2D eigenvalue weighted by molar-refractivity contribution is -0.138. The van der Waals surface area contributed by atoms with Gasteiger partial charge in [0.15, 0.2) is 0 Å². The van der Waals surface area contributed by atoms with Crippen LogP contribution in [-0.2, 0) is 25.7 Å². The maximum Gasteiger partial charge on any atom is 0.339 e. The standard InChI is InChI=1S/C23H25NO7/c1-2-3-13-30-23(29)19-14-17(24-20(25)11-12-21(26)27)9-10-18(19)22(28)31-15-16-7-5-4-6-8-16/h4-10,14H,2-3,11-13,15H2,1H3,(H,24,25)(H,26,27). The molecule has 8 nitrogen and oxygen atoms in total. The van der Waals surface area contributed by atoms with Crippen LogP contribution in [0.4, 0.5) is 5.69 Å². The highest BCUT2D eigenvalue weighted by Crippen LogP contribution is 2.20. The summed E-state index contributed by atoms with van der Waals surface area (Å²) in [6.07, 6.45) is 0.970. The van der Waals surface area contributed by atoms with Gasteiger partial charge in [-0.25, -0.2) is 9.59 Å². The largest absolute Gasteiger partial charge is 0.481 e. The number of esters is 2. The summed E-state index contributed by atoms with van der Waals surface area (Å²) in [5.41, 5.74) is 1.02. The zero-order chi connectivity index (χ0) is 22.6. The van der Waals surface area contributed by atoms with E-state index in [1.807, 2.05) is 37.3 Å². The summed E-state index contributed by atoms with van der Waals surface area (Å²) < 4.78 is 10.5. The topological polar surface area (TPSA) is 119 Å². The number of anilines is 1. The molecule has 0 spiro atoms. The van der Waals surface area contributed by atoms with Crippen LogP contribution in [0, 0.1) is 0 Å². The minimum atomic E-state index is -1.09. The second-order valence-electron chi connectivity index (χ2n) is 6.75. The van der Waals surface area contributed by atoms with Crippen molar-refractivity contribution in [1.82, 2.24) is 0 Å². The van der Waals surface area contributed by atoms with E-state index in [2.05, 4.69) is 5.32 Å². The van der Waals surface area contributed by atoms with E-state index in [-0.39, 0.29) is 42.9 Å². The average Bonchev–Trinajstić information content (AvgIpc) is 2.76. The van der Waals surface area contributed by atoms with Gasteiger partial charge in [-0.2, -0.15) is 0 Å². The van der Waals surface area contributed by atoms with Crippen molar-refractivity contribution in [2.24, 2.45) is 0 Å². The van der Waals surface area contributed by atoms with Gasteiger partial charge in [0.05, 0.1) is 24.2 Å². The molecule has 0 atom stereocenters. The number of carbonyl (C=O) groups excluding carboxylic acids is 3. The zero-order valence-corrected chi connectivity index (χ0v) is 17.3. The number of carboxylic acids is 1. The van der Waals surface area contributed by atoms with E-state index < -0.39 is 23.8 Å². The number of nitrogens with one attached hydrogen (secondary N) is 1. The van der Waals surface area contributed by atoms with Crippen molar-refractivity contribution in [1.29, 1.82) is 0 Å². The third-order valence-corrected chi connectivity index (χ3v) is 4.25. The van der Waals surface area contributed by atoms with Crippen LogP contribution >= 0.6 is 0 Å². The van der Waals surface area contributed by atoms with Crippen LogP contribution in [0.2, 0.25) is 0 Å². The Morgan fingerprint density at radius 3 is 2.29 bits per heavy atom. The number of carbonyl (C=O) groups is 4. The molecule has 0 aliphatic rings. The average molecular weight is 427 g/mol. The van der Waals surface area contributed by atoms with E-state index in [9.17, 15) is 19.2 Å². The third kappa shape index (κ3) is 7.93. The van der Waals surface area contributed by atoms with Gasteiger partial charge in [-0.3, -0.25) is 9.59 Å². The van der Waals surface area contributed by atoms with E-state index in [4.69, 9.17) is 14.6 Å². The normalized spacial score (nSPS) is 10.2. The maximum atomic E-state index is 12.6. The molecule has 0 aliphatic carbocycles. The summed E-state index contributed by atoms with van der Waals surface area (Å²) in [5.74, 6) is -3.02. The molecule has 2 aromatic carbocycles. The minimum absolute atomic E-state index is 0.0148. The highest BCUT2D eigenvalue weighted by molar-refractivity contribution is 6.04. The molecule has 2 N–H and O–H groups in total. The van der Waals surface area contributed by atoms with Crippen molar-refractivity contribution in [2.75, 3.05) is 11.9 Å². The quantitative estimate of drug-likeness (QED) is 0.413. The van der Waals surface area contributed by atoms with Gasteiger partial charge in [-0.15, -0.1) is 0 Å². The molecule has 0 saturated carbocycles. The summed E-state index contributed by atoms with van der Waals surface area (Å²) >= 11 is 0. The first-order chi connectivity index (χ1) is 14.9. The number of rotatable bonds is 11. The first kappa shape index (κ1) is 23.6. The second-order valence-corrected chi connectivity index (χ2v) is 6.75. The highest BCUT2D eigenvalue weighted by atomic mass is 16.5. The van der Waals surface area contributed by atoms with E-state index in [1.165, 1.54) is 18.2 Å². The predicted octanol–water partition coefficient (Wildman–Crippen LogP) is 3.80. The number of amides is 1. The lowest BCUT2D eigenvalue weighted by atomic mass is 10.1. The first-order valence-electron chi connectivity index (χ1n) is 9.94. The van der Waals surface area contributed by atoms with Crippen molar-refractivity contribution in [3.63, 3.8) is 0 Å². The fourth-order valence-corrected chi connectivity index (χ4v) is 2.60. The fourth-order valence-electron chi connectivity index (χ4n) is 2.60. The number of unbranched alkanes of at least 4 members (excludes halogenated alkanes) is 1. The lowest BCUT2D eigenvalue weighted by Gasteiger charge is -2.12. The predicted molar refractivity (Wildman–Crippen MR) is 113 cm³/mol. The third-order valence-electron chi connectivity index (χ3n) is 4.25. The fraction of sp³-hybridized carbons (Fsp3) is 0.304. The molecular formula is C23H25NO7. The van der Waals surface area contributed by atoms with Gasteiger partial charge >= 0.3 is 17.9 Å². The van der Waals surface area contributed by atoms with Crippen molar-refractivity contribution in [3.8, 4) is 0 Å². The first-order valence-corrected chi connectivity index (χ1v) is 9.94. The van der Waals surface area contributed by atoms with E-state index in [0.29, 0.717) is 6.42 Å². The van der Waals surface area contributed by atoms with Crippen LogP contribution in [-0.4, -0.2) is 35.5 Å². The molecule has 0 unspecified atom stereocenters. The van der Waals surface area contributed by atoms with Crippen LogP contribution in [0.15, 0.2) is 48.5 Å². The maximum absolute atomic E-state index is 12.6. The van der Waals surface area contributed by atoms with E-state index in [0.717, 1.165) is 12.0 Å². The zero-order valence-electron chi connectivity index (χ0n) is 17.3. The molecule has 2 rings (SSSR count). The Kier molecular flexibility index (Phi) is 9.22. The van der Waals surface area contributed by atoms with Crippen LogP contribution in [0.25, 0.3) is 0 Å². The molecule has 0 radical (unpaired) electrons. The van der Waals surface area contributed by atoms with Crippen LogP contribution in [0.3, 0.4) is 0 Å². The molecule has 8 heteroatoms. The number of hydrogen-bond donors (Lipinski definition) is 2. The second kappa shape index (κ2) is 12.1. The Morgan fingerprint density at radius 2 is 1.61 bits per heavy atom. The van der Waals surface area contributed by atoms with Crippen LogP contribution in [0.1, 0.15) is 58.9 Å². The van der Waals surface area contributed by atoms with Crippen molar-refractivity contribution < 1.29 is 33.8 Å². The molecular weight excluding hydrogens is 402 g/mol. The Bertz CT molecular complexity index is 925. The van der Waals surface area contributed by atoms with Gasteiger partial charge in [-0.05, 0) is 30.2 Å². The van der Waals surface area contributed by atoms with Gasteiger partial charge in [-0.1, -0.05) is 43.7 Å². The Labute approximate surface area is 180 Å². The SMILES string of the molecule is CCCCOC(=O)c1cc(NC(=O)CCC(=O)O)ccc1C(=O)OCc1ccccc1. The number of carboxylic acid groups (broad SMARTS) is 1. The van der Waals surface area contributed by atoms with Crippen molar-refractivity contribution in [2.45, 2.75) is 39.2 Å². The van der Waals surface area contributed by atoms with Gasteiger partial charge in [0.1, 0.15) is 6.61 Å². The Hall–Kier alpha value is -3.68. The molecule has 164 valence electrons. The van der Waals surface area contributed by atoms with Crippen molar-refractivity contribution in [3.05, 3.63) is 65.2 Å². The molecule has 0 aliphatic heterocycles. The summed E-state index contributed by atoms with van der Waals surface area (Å²) in [7, 11) is 0. The van der Waals surface area contributed by atoms with Gasteiger partial charge in [0.25, 0.3) is 0 Å². The summed E-state index contributed by atoms with van der Waals surface area (Å²) in [4.78, 5) is 47.7. The molecule has 0 fully saturated rings. The van der Waals surface area contributed by atoms with Gasteiger partial charge in [0, 0.05) is 12.1 Å². The minimum Gasteiger partial charge on any atom is -0.481 e. The summed E-state index contributed by atoms with van der Waals surface area (Å²) in [6.45, 7) is 2.19. The Morgan fingerprint density at radius 1 is 0.903 bits per heavy atom. The highest BCUT2D eigenvalue weighted by Gasteiger charge is 2.21. The Balaban J connectivity index is 2.18. The molecule has 2 aromatic rings. The lowest BCUT2D eigenvalue weighted by Crippen LogP contribution is -2.17. The summed E-state index contributed by atoms with van der Waals surface area (Å²) in [5, 5.41) is 11.2. The van der Waals surface area contributed by atoms with E-state index >= 15 is 0 Å². The monoisotopic (exact) mass is 427 g/mol. The number of benzene rings is 2. The number of hydrogen-bond acceptors (Lipinski definition) is 6. The number of ether oxygens (including phenoxy) is 2. The van der Waals surface area contributed by atoms with Gasteiger partial charge < -0.3 is 19.9 Å². The smallest absolute Gasteiger partial charge is 0.339 e. The van der Waals surface area contributed by atoms with Crippen LogP contribution < -0.4 is 5.32 Å². The molecule has 31 heavy (non-hydrogen) atoms. The number of aliphatic carboxylic acids is 1. The molecule has 0 heterocycles. The molecule has 0 aromatic heterocycles.